The van der Waals surface area contributed by atoms with E-state index in [1.54, 1.807) is 47.4 Å². The van der Waals surface area contributed by atoms with Gasteiger partial charge in [0.1, 0.15) is 11.9 Å². The van der Waals surface area contributed by atoms with Crippen LogP contribution in [0.1, 0.15) is 33.4 Å². The lowest BCUT2D eigenvalue weighted by Gasteiger charge is -2.26. The Bertz CT molecular complexity index is 967. The standard InChI is InChI=1S/C20H15F3N2O2/c21-20(22,23)13-5-3-6-14(11-13)24-18-16-8-1-2-9-17(16)19(26)25(18)12-15-7-4-10-27-15/h1-11,18,24H,12H2/t18-/m1/s1. The highest BCUT2D eigenvalue weighted by molar-refractivity contribution is 5.99. The summed E-state index contributed by atoms with van der Waals surface area (Å²) < 4.78 is 44.4. The molecular formula is C20H15F3N2O2. The van der Waals surface area contributed by atoms with Gasteiger partial charge in [0.2, 0.25) is 0 Å². The second-order valence-corrected chi connectivity index (χ2v) is 6.23. The Morgan fingerprint density at radius 2 is 1.85 bits per heavy atom. The molecule has 4 nitrogen and oxygen atoms in total. The van der Waals surface area contributed by atoms with Crippen LogP contribution in [0.4, 0.5) is 18.9 Å². The van der Waals surface area contributed by atoms with Gasteiger partial charge in [-0.25, -0.2) is 0 Å². The zero-order chi connectivity index (χ0) is 19.0. The summed E-state index contributed by atoms with van der Waals surface area (Å²) in [4.78, 5) is 14.4. The quantitative estimate of drug-likeness (QED) is 0.696. The minimum atomic E-state index is -4.44. The third kappa shape index (κ3) is 3.28. The van der Waals surface area contributed by atoms with Gasteiger partial charge in [-0.3, -0.25) is 4.79 Å². The van der Waals surface area contributed by atoms with Crippen LogP contribution < -0.4 is 5.32 Å². The smallest absolute Gasteiger partial charge is 0.416 e. The Morgan fingerprint density at radius 1 is 1.04 bits per heavy atom. The lowest BCUT2D eigenvalue weighted by atomic mass is 10.1. The largest absolute Gasteiger partial charge is 0.467 e. The summed E-state index contributed by atoms with van der Waals surface area (Å²) in [6, 6.07) is 15.5. The molecule has 7 heteroatoms. The predicted octanol–water partition coefficient (Wildman–Crippen LogP) is 5.07. The normalized spacial score (nSPS) is 16.5. The second-order valence-electron chi connectivity index (χ2n) is 6.23. The number of anilines is 1. The molecule has 0 aliphatic carbocycles. The van der Waals surface area contributed by atoms with Crippen molar-refractivity contribution < 1.29 is 22.4 Å². The van der Waals surface area contributed by atoms with Gasteiger partial charge in [-0.15, -0.1) is 0 Å². The van der Waals surface area contributed by atoms with E-state index in [1.807, 2.05) is 0 Å². The summed E-state index contributed by atoms with van der Waals surface area (Å²) in [5, 5.41) is 3.07. The molecule has 0 saturated carbocycles. The number of nitrogens with one attached hydrogen (secondary N) is 1. The summed E-state index contributed by atoms with van der Waals surface area (Å²) >= 11 is 0. The van der Waals surface area contributed by atoms with E-state index in [0.717, 1.165) is 12.1 Å². The monoisotopic (exact) mass is 372 g/mol. The first-order chi connectivity index (χ1) is 12.9. The van der Waals surface area contributed by atoms with Crippen molar-refractivity contribution in [2.45, 2.75) is 18.9 Å². The molecule has 1 aromatic heterocycles. The number of carbonyl (C=O) groups excluding carboxylic acids is 1. The van der Waals surface area contributed by atoms with Crippen LogP contribution in [-0.2, 0) is 12.7 Å². The average Bonchev–Trinajstić information content (AvgIpc) is 3.25. The van der Waals surface area contributed by atoms with Crippen LogP contribution in [0.15, 0.2) is 71.3 Å². The number of carbonyl (C=O) groups is 1. The van der Waals surface area contributed by atoms with Gasteiger partial charge in [-0.2, -0.15) is 13.2 Å². The van der Waals surface area contributed by atoms with E-state index < -0.39 is 17.9 Å². The molecular weight excluding hydrogens is 357 g/mol. The summed E-state index contributed by atoms with van der Waals surface area (Å²) in [5.74, 6) is 0.387. The van der Waals surface area contributed by atoms with Gasteiger partial charge in [0, 0.05) is 16.8 Å². The van der Waals surface area contributed by atoms with Gasteiger partial charge in [0.05, 0.1) is 18.4 Å². The Balaban J connectivity index is 1.68. The van der Waals surface area contributed by atoms with Crippen molar-refractivity contribution in [1.82, 2.24) is 4.90 Å². The molecule has 0 radical (unpaired) electrons. The fourth-order valence-corrected chi connectivity index (χ4v) is 3.20. The van der Waals surface area contributed by atoms with Crippen molar-refractivity contribution in [2.24, 2.45) is 0 Å². The SMILES string of the molecule is O=C1c2ccccc2[C@H](Nc2cccc(C(F)(F)F)c2)N1Cc1ccco1. The molecule has 1 atom stereocenters. The maximum atomic E-state index is 13.0. The molecule has 1 aliphatic heterocycles. The zero-order valence-corrected chi connectivity index (χ0v) is 14.0. The van der Waals surface area contributed by atoms with Crippen molar-refractivity contribution in [3.63, 3.8) is 0 Å². The number of halogens is 3. The molecule has 1 amide bonds. The van der Waals surface area contributed by atoms with Crippen LogP contribution in [0.3, 0.4) is 0 Å². The van der Waals surface area contributed by atoms with Crippen LogP contribution >= 0.6 is 0 Å². The third-order valence-electron chi connectivity index (χ3n) is 4.46. The predicted molar refractivity (Wildman–Crippen MR) is 92.8 cm³/mol. The summed E-state index contributed by atoms with van der Waals surface area (Å²) in [5.41, 5.74) is 0.770. The molecule has 3 aromatic rings. The van der Waals surface area contributed by atoms with Crippen LogP contribution in [0.5, 0.6) is 0 Å². The number of fused-ring (bicyclic) bond motifs is 1. The molecule has 27 heavy (non-hydrogen) atoms. The third-order valence-corrected chi connectivity index (χ3v) is 4.46. The zero-order valence-electron chi connectivity index (χ0n) is 14.0. The van der Waals surface area contributed by atoms with Crippen molar-refractivity contribution in [3.8, 4) is 0 Å². The Labute approximate surface area is 153 Å². The molecule has 0 fully saturated rings. The average molecular weight is 372 g/mol. The van der Waals surface area contributed by atoms with Gasteiger partial charge in [-0.05, 0) is 36.4 Å². The van der Waals surface area contributed by atoms with Crippen LogP contribution in [0.2, 0.25) is 0 Å². The minimum absolute atomic E-state index is 0.202. The van der Waals surface area contributed by atoms with Crippen molar-refractivity contribution >= 4 is 11.6 Å². The highest BCUT2D eigenvalue weighted by Crippen LogP contribution is 2.37. The molecule has 2 aromatic carbocycles. The lowest BCUT2D eigenvalue weighted by molar-refractivity contribution is -0.137. The fraction of sp³-hybridized carbons (Fsp3) is 0.150. The van der Waals surface area contributed by atoms with Gasteiger partial charge in [0.25, 0.3) is 5.91 Å². The maximum Gasteiger partial charge on any atom is 0.416 e. The molecule has 4 rings (SSSR count). The van der Waals surface area contributed by atoms with Crippen LogP contribution in [0, 0.1) is 0 Å². The van der Waals surface area contributed by atoms with Gasteiger partial charge in [0.15, 0.2) is 0 Å². The summed E-state index contributed by atoms with van der Waals surface area (Å²) in [6.07, 6.45) is -3.52. The highest BCUT2D eigenvalue weighted by Gasteiger charge is 2.37. The van der Waals surface area contributed by atoms with E-state index in [0.29, 0.717) is 16.9 Å². The molecule has 0 unspecified atom stereocenters. The molecule has 138 valence electrons. The number of furan rings is 1. The van der Waals surface area contributed by atoms with Crippen molar-refractivity contribution in [1.29, 1.82) is 0 Å². The Morgan fingerprint density at radius 3 is 2.59 bits per heavy atom. The van der Waals surface area contributed by atoms with Gasteiger partial charge < -0.3 is 14.6 Å². The first-order valence-corrected chi connectivity index (χ1v) is 8.29. The molecule has 0 saturated heterocycles. The first-order valence-electron chi connectivity index (χ1n) is 8.29. The highest BCUT2D eigenvalue weighted by atomic mass is 19.4. The summed E-state index contributed by atoms with van der Waals surface area (Å²) in [7, 11) is 0. The molecule has 1 aliphatic rings. The number of nitrogens with zero attached hydrogens (tertiary/aromatic N) is 1. The number of rotatable bonds is 4. The topological polar surface area (TPSA) is 45.5 Å². The molecule has 0 bridgehead atoms. The van der Waals surface area contributed by atoms with Gasteiger partial charge >= 0.3 is 6.18 Å². The molecule has 1 N–H and O–H groups in total. The first kappa shape index (κ1) is 17.2. The van der Waals surface area contributed by atoms with E-state index in [4.69, 9.17) is 4.42 Å². The Kier molecular flexibility index (Phi) is 4.14. The van der Waals surface area contributed by atoms with Crippen molar-refractivity contribution in [3.05, 3.63) is 89.4 Å². The Hall–Kier alpha value is -3.22. The van der Waals surface area contributed by atoms with Gasteiger partial charge in [-0.1, -0.05) is 24.3 Å². The number of benzene rings is 2. The summed E-state index contributed by atoms with van der Waals surface area (Å²) in [6.45, 7) is 0.205. The maximum absolute atomic E-state index is 13.0. The minimum Gasteiger partial charge on any atom is -0.467 e. The number of hydrogen-bond acceptors (Lipinski definition) is 3. The fourth-order valence-electron chi connectivity index (χ4n) is 3.20. The molecule has 0 spiro atoms. The van der Waals surface area contributed by atoms with E-state index in [1.165, 1.54) is 12.3 Å². The number of amides is 1. The van der Waals surface area contributed by atoms with E-state index in [2.05, 4.69) is 5.32 Å². The second kappa shape index (κ2) is 6.50. The lowest BCUT2D eigenvalue weighted by Crippen LogP contribution is -2.31. The number of hydrogen-bond donors (Lipinski definition) is 1. The van der Waals surface area contributed by atoms with Crippen LogP contribution in [-0.4, -0.2) is 10.8 Å². The van der Waals surface area contributed by atoms with E-state index >= 15 is 0 Å². The van der Waals surface area contributed by atoms with E-state index in [9.17, 15) is 18.0 Å². The number of alkyl halides is 3. The van der Waals surface area contributed by atoms with Crippen LogP contribution in [0.25, 0.3) is 0 Å². The van der Waals surface area contributed by atoms with Crippen molar-refractivity contribution in [2.75, 3.05) is 5.32 Å². The van der Waals surface area contributed by atoms with E-state index in [-0.39, 0.29) is 18.1 Å². The molecule has 2 heterocycles.